The first-order valence-corrected chi connectivity index (χ1v) is 7.43. The Morgan fingerprint density at radius 2 is 2.17 bits per heavy atom. The van der Waals surface area contributed by atoms with Crippen LogP contribution in [0.15, 0.2) is 22.6 Å². The summed E-state index contributed by atoms with van der Waals surface area (Å²) in [5, 5.41) is 10.4. The molecule has 2 aromatic rings. The van der Waals surface area contributed by atoms with Crippen LogP contribution < -0.4 is 14.8 Å². The van der Waals surface area contributed by atoms with Crippen LogP contribution in [0.4, 0.5) is 0 Å². The van der Waals surface area contributed by atoms with Crippen LogP contribution in [-0.2, 0) is 4.74 Å². The van der Waals surface area contributed by atoms with Crippen LogP contribution >= 0.6 is 0 Å². The summed E-state index contributed by atoms with van der Waals surface area (Å²) in [7, 11) is 0. The van der Waals surface area contributed by atoms with E-state index in [0.717, 1.165) is 19.4 Å². The first kappa shape index (κ1) is 14.0. The van der Waals surface area contributed by atoms with Crippen molar-refractivity contribution in [3.05, 3.63) is 24.1 Å². The molecule has 0 radical (unpaired) electrons. The van der Waals surface area contributed by atoms with Crippen molar-refractivity contribution in [1.29, 1.82) is 0 Å². The third kappa shape index (κ3) is 2.85. The van der Waals surface area contributed by atoms with Crippen LogP contribution in [0.2, 0.25) is 0 Å². The molecule has 3 heterocycles. The van der Waals surface area contributed by atoms with Gasteiger partial charge in [-0.2, -0.15) is 0 Å². The third-order valence-corrected chi connectivity index (χ3v) is 3.75. The Labute approximate surface area is 131 Å². The van der Waals surface area contributed by atoms with Crippen molar-refractivity contribution in [2.45, 2.75) is 18.9 Å². The van der Waals surface area contributed by atoms with E-state index in [4.69, 9.17) is 18.6 Å². The highest BCUT2D eigenvalue weighted by atomic mass is 16.7. The van der Waals surface area contributed by atoms with E-state index < -0.39 is 5.91 Å². The van der Waals surface area contributed by atoms with Gasteiger partial charge in [-0.3, -0.25) is 4.79 Å². The average molecular weight is 317 g/mol. The van der Waals surface area contributed by atoms with Gasteiger partial charge < -0.3 is 23.9 Å². The predicted molar refractivity (Wildman–Crippen MR) is 77.2 cm³/mol. The van der Waals surface area contributed by atoms with Crippen molar-refractivity contribution >= 4 is 5.91 Å². The summed E-state index contributed by atoms with van der Waals surface area (Å²) in [5.74, 6) is 1.06. The van der Waals surface area contributed by atoms with E-state index in [-0.39, 0.29) is 24.7 Å². The van der Waals surface area contributed by atoms with Gasteiger partial charge >= 0.3 is 11.8 Å². The minimum atomic E-state index is -0.403. The number of carbonyl (C=O) groups is 1. The highest BCUT2D eigenvalue weighted by Gasteiger charge is 2.21. The first-order chi connectivity index (χ1) is 11.3. The lowest BCUT2D eigenvalue weighted by Crippen LogP contribution is -2.31. The molecule has 1 amide bonds. The predicted octanol–water partition coefficient (Wildman–Crippen LogP) is 1.37. The minimum Gasteiger partial charge on any atom is -0.454 e. The summed E-state index contributed by atoms with van der Waals surface area (Å²) in [6.45, 7) is 1.38. The van der Waals surface area contributed by atoms with Gasteiger partial charge in [0.2, 0.25) is 12.7 Å². The zero-order chi connectivity index (χ0) is 15.6. The topological polar surface area (TPSA) is 95.7 Å². The molecule has 8 nitrogen and oxygen atoms in total. The number of nitrogens with zero attached hydrogens (tertiary/aromatic N) is 2. The van der Waals surface area contributed by atoms with Crippen molar-refractivity contribution in [2.75, 3.05) is 19.9 Å². The van der Waals surface area contributed by atoms with Crippen molar-refractivity contribution < 1.29 is 23.4 Å². The van der Waals surface area contributed by atoms with Gasteiger partial charge in [-0.25, -0.2) is 0 Å². The second kappa shape index (κ2) is 5.88. The summed E-state index contributed by atoms with van der Waals surface area (Å²) in [4.78, 5) is 12.0. The Kier molecular flexibility index (Phi) is 3.58. The molecule has 8 heteroatoms. The zero-order valence-electron chi connectivity index (χ0n) is 12.3. The normalized spacial score (nSPS) is 19.0. The van der Waals surface area contributed by atoms with Crippen molar-refractivity contribution in [3.8, 4) is 23.0 Å². The smallest absolute Gasteiger partial charge is 0.308 e. The van der Waals surface area contributed by atoms with Gasteiger partial charge in [0.1, 0.15) is 0 Å². The number of amides is 1. The molecule has 1 aromatic carbocycles. The van der Waals surface area contributed by atoms with Gasteiger partial charge in [-0.15, -0.1) is 10.2 Å². The maximum Gasteiger partial charge on any atom is 0.308 e. The molecule has 0 spiro atoms. The van der Waals surface area contributed by atoms with Gasteiger partial charge in [0.05, 0.1) is 6.10 Å². The van der Waals surface area contributed by atoms with Crippen LogP contribution in [0.5, 0.6) is 11.5 Å². The lowest BCUT2D eigenvalue weighted by atomic mass is 10.2. The molecule has 23 heavy (non-hydrogen) atoms. The molecule has 0 aliphatic carbocycles. The number of fused-ring (bicyclic) bond motifs is 1. The number of nitrogens with one attached hydrogen (secondary N) is 1. The summed E-state index contributed by atoms with van der Waals surface area (Å²) in [6.07, 6.45) is 2.04. The maximum atomic E-state index is 12.0. The minimum absolute atomic E-state index is 0.0650. The molecule has 2 aliphatic heterocycles. The average Bonchev–Trinajstić information content (AvgIpc) is 3.32. The SMILES string of the molecule is O=C(NCC1CCCO1)c1nnc(-c2ccc3c(c2)OCO3)o1. The third-order valence-electron chi connectivity index (χ3n) is 3.75. The second-order valence-corrected chi connectivity index (χ2v) is 5.33. The fourth-order valence-corrected chi connectivity index (χ4v) is 2.55. The van der Waals surface area contributed by atoms with E-state index >= 15 is 0 Å². The highest BCUT2D eigenvalue weighted by molar-refractivity contribution is 5.89. The van der Waals surface area contributed by atoms with Crippen molar-refractivity contribution in [1.82, 2.24) is 15.5 Å². The number of hydrogen-bond acceptors (Lipinski definition) is 7. The van der Waals surface area contributed by atoms with Crippen LogP contribution in [0.1, 0.15) is 23.5 Å². The molecule has 120 valence electrons. The maximum absolute atomic E-state index is 12.0. The molecule has 1 unspecified atom stereocenters. The van der Waals surface area contributed by atoms with E-state index in [2.05, 4.69) is 15.5 Å². The summed E-state index contributed by atoms with van der Waals surface area (Å²) in [6, 6.07) is 5.28. The van der Waals surface area contributed by atoms with Crippen LogP contribution in [0.3, 0.4) is 0 Å². The van der Waals surface area contributed by atoms with Gasteiger partial charge in [0, 0.05) is 18.7 Å². The van der Waals surface area contributed by atoms with E-state index in [1.54, 1.807) is 18.2 Å². The Hall–Kier alpha value is -2.61. The van der Waals surface area contributed by atoms with Gasteiger partial charge in [-0.05, 0) is 31.0 Å². The Morgan fingerprint density at radius 1 is 1.26 bits per heavy atom. The molecule has 4 rings (SSSR count). The van der Waals surface area contributed by atoms with Gasteiger partial charge in [0.15, 0.2) is 11.5 Å². The summed E-state index contributed by atoms with van der Waals surface area (Å²) >= 11 is 0. The summed E-state index contributed by atoms with van der Waals surface area (Å²) < 4.78 is 21.4. The Balaban J connectivity index is 1.44. The quantitative estimate of drug-likeness (QED) is 0.910. The number of aromatic nitrogens is 2. The second-order valence-electron chi connectivity index (χ2n) is 5.33. The van der Waals surface area contributed by atoms with Gasteiger partial charge in [0.25, 0.3) is 0 Å². The summed E-state index contributed by atoms with van der Waals surface area (Å²) in [5.41, 5.74) is 0.667. The van der Waals surface area contributed by atoms with E-state index in [1.165, 1.54) is 0 Å². The molecule has 1 N–H and O–H groups in total. The fourth-order valence-electron chi connectivity index (χ4n) is 2.55. The lowest BCUT2D eigenvalue weighted by Gasteiger charge is -2.08. The van der Waals surface area contributed by atoms with Crippen LogP contribution in [0, 0.1) is 0 Å². The molecular weight excluding hydrogens is 302 g/mol. The monoisotopic (exact) mass is 317 g/mol. The van der Waals surface area contributed by atoms with E-state index in [1.807, 2.05) is 0 Å². The number of hydrogen-bond donors (Lipinski definition) is 1. The molecule has 1 aromatic heterocycles. The van der Waals surface area contributed by atoms with Crippen LogP contribution in [0.25, 0.3) is 11.5 Å². The Morgan fingerprint density at radius 3 is 3.04 bits per heavy atom. The van der Waals surface area contributed by atoms with E-state index in [9.17, 15) is 4.79 Å². The number of benzene rings is 1. The molecule has 0 bridgehead atoms. The Bertz CT molecular complexity index is 724. The molecular formula is C15H15N3O5. The molecule has 1 saturated heterocycles. The van der Waals surface area contributed by atoms with E-state index in [0.29, 0.717) is 23.6 Å². The molecule has 2 aliphatic rings. The number of ether oxygens (including phenoxy) is 3. The lowest BCUT2D eigenvalue weighted by molar-refractivity contribution is 0.0830. The molecule has 0 saturated carbocycles. The fraction of sp³-hybridized carbons (Fsp3) is 0.400. The molecule has 1 atom stereocenters. The van der Waals surface area contributed by atoms with Gasteiger partial charge in [-0.1, -0.05) is 0 Å². The highest BCUT2D eigenvalue weighted by Crippen LogP contribution is 2.35. The zero-order valence-corrected chi connectivity index (χ0v) is 12.3. The van der Waals surface area contributed by atoms with Crippen molar-refractivity contribution in [2.24, 2.45) is 0 Å². The largest absolute Gasteiger partial charge is 0.454 e. The van der Waals surface area contributed by atoms with Crippen LogP contribution in [-0.4, -0.2) is 42.2 Å². The van der Waals surface area contributed by atoms with Crippen molar-refractivity contribution in [3.63, 3.8) is 0 Å². The number of rotatable bonds is 4. The number of carbonyl (C=O) groups excluding carboxylic acids is 1. The molecule has 1 fully saturated rings. The standard InChI is InChI=1S/C15H15N3O5/c19-13(16-7-10-2-1-5-20-10)15-18-17-14(23-15)9-3-4-11-12(6-9)22-8-21-11/h3-4,6,10H,1-2,5,7-8H2,(H,16,19). The first-order valence-electron chi connectivity index (χ1n) is 7.43.